The second-order valence-corrected chi connectivity index (χ2v) is 14.3. The fourth-order valence-electron chi connectivity index (χ4n) is 6.52. The first kappa shape index (κ1) is 39.9. The van der Waals surface area contributed by atoms with Crippen molar-refractivity contribution in [2.24, 2.45) is 0 Å². The van der Waals surface area contributed by atoms with E-state index in [0.717, 1.165) is 68.4 Å². The molecule has 4 aromatic carbocycles. The van der Waals surface area contributed by atoms with Crippen molar-refractivity contribution < 1.29 is 19.7 Å². The Bertz CT molecular complexity index is 2330. The maximum Gasteiger partial charge on any atom is 0.190 e. The van der Waals surface area contributed by atoms with Crippen molar-refractivity contribution in [1.82, 2.24) is 9.97 Å². The lowest BCUT2D eigenvalue weighted by Gasteiger charge is -2.19. The molecule has 1 aliphatic carbocycles. The summed E-state index contributed by atoms with van der Waals surface area (Å²) in [4.78, 5) is 18.3. The fourth-order valence-corrected chi connectivity index (χ4v) is 7.08. The highest BCUT2D eigenvalue weighted by molar-refractivity contribution is 6.32. The van der Waals surface area contributed by atoms with Crippen LogP contribution in [0.5, 0.6) is 11.5 Å². The first-order valence-corrected chi connectivity index (χ1v) is 18.6. The van der Waals surface area contributed by atoms with Crippen molar-refractivity contribution in [2.45, 2.75) is 45.1 Å². The number of hydrogen-bond acceptors (Lipinski definition) is 9. The summed E-state index contributed by atoms with van der Waals surface area (Å²) in [6.45, 7) is 15.6. The molecule has 0 saturated heterocycles. The van der Waals surface area contributed by atoms with Gasteiger partial charge in [-0.05, 0) is 77.9 Å². The van der Waals surface area contributed by atoms with E-state index in [1.54, 1.807) is 32.7 Å². The zero-order chi connectivity index (χ0) is 39.9. The van der Waals surface area contributed by atoms with Crippen molar-refractivity contribution in [3.63, 3.8) is 0 Å². The van der Waals surface area contributed by atoms with E-state index in [1.165, 1.54) is 0 Å². The second kappa shape index (κ2) is 17.8. The van der Waals surface area contributed by atoms with Crippen LogP contribution in [0.25, 0.3) is 31.5 Å². The lowest BCUT2D eigenvalue weighted by atomic mass is 10.0. The smallest absolute Gasteiger partial charge is 0.190 e. The number of pyridine rings is 2. The first-order chi connectivity index (χ1) is 27.1. The Morgan fingerprint density at radius 2 is 1.21 bits per heavy atom. The summed E-state index contributed by atoms with van der Waals surface area (Å²) in [5.74, 6) is 1.73. The van der Waals surface area contributed by atoms with Gasteiger partial charge in [0.25, 0.3) is 0 Å². The highest BCUT2D eigenvalue weighted by Crippen LogP contribution is 2.46. The molecule has 0 atom stereocenters. The molecule has 11 nitrogen and oxygen atoms in total. The molecule has 286 valence electrons. The second-order valence-electron chi connectivity index (χ2n) is 13.5. The summed E-state index contributed by atoms with van der Waals surface area (Å²) in [5, 5.41) is 29.2. The predicted molar refractivity (Wildman–Crippen MR) is 225 cm³/mol. The van der Waals surface area contributed by atoms with Crippen molar-refractivity contribution in [3.8, 4) is 11.5 Å². The molecule has 1 saturated carbocycles. The van der Waals surface area contributed by atoms with Crippen LogP contribution in [0.15, 0.2) is 73.1 Å². The van der Waals surface area contributed by atoms with E-state index in [0.29, 0.717) is 63.1 Å². The number of anilines is 3. The molecule has 2 aromatic heterocycles. The van der Waals surface area contributed by atoms with Crippen molar-refractivity contribution >= 4 is 73.4 Å². The number of aromatic nitrogens is 2. The molecule has 6 aromatic rings. The van der Waals surface area contributed by atoms with Gasteiger partial charge in [-0.25, -0.2) is 9.69 Å². The van der Waals surface area contributed by atoms with Crippen LogP contribution in [0.1, 0.15) is 46.6 Å². The van der Waals surface area contributed by atoms with Crippen LogP contribution in [-0.2, 0) is 26.3 Å². The molecule has 13 heteroatoms. The maximum absolute atomic E-state index is 9.83. The maximum atomic E-state index is 9.83. The third-order valence-electron chi connectivity index (χ3n) is 9.55. The number of ether oxygens (including phenoxy) is 2. The minimum Gasteiger partial charge on any atom is -0.495 e. The fraction of sp³-hybridized carbons (Fsp3) is 0.256. The molecule has 0 amide bonds. The highest BCUT2D eigenvalue weighted by Gasteiger charge is 2.27. The summed E-state index contributed by atoms with van der Waals surface area (Å²) in [6.07, 6.45) is 5.64. The predicted octanol–water partition coefficient (Wildman–Crippen LogP) is 10.0. The number of nitrogens with zero attached hydrogens (tertiary/aromatic N) is 5. The summed E-state index contributed by atoms with van der Waals surface area (Å²) in [5.41, 5.74) is 9.66. The van der Waals surface area contributed by atoms with E-state index in [4.69, 9.17) is 45.8 Å². The van der Waals surface area contributed by atoms with Crippen molar-refractivity contribution in [3.05, 3.63) is 134 Å². The molecule has 2 heterocycles. The van der Waals surface area contributed by atoms with Gasteiger partial charge >= 0.3 is 0 Å². The molecular formula is C43H41Cl2N7O4. The molecule has 0 bridgehead atoms. The minimum atomic E-state index is -0.159. The van der Waals surface area contributed by atoms with Crippen LogP contribution in [0, 0.1) is 13.1 Å². The lowest BCUT2D eigenvalue weighted by Crippen LogP contribution is -2.11. The molecule has 4 N–H and O–H groups in total. The van der Waals surface area contributed by atoms with Crippen LogP contribution in [-0.4, -0.2) is 48.5 Å². The topological polar surface area (TPSA) is 121 Å². The molecule has 7 rings (SSSR count). The summed E-state index contributed by atoms with van der Waals surface area (Å²) in [6, 6.07) is 18.6. The summed E-state index contributed by atoms with van der Waals surface area (Å²) in [7, 11) is 6.99. The Balaban J connectivity index is 0.000000190. The molecule has 1 fully saturated rings. The number of rotatable bonds is 12. The van der Waals surface area contributed by atoms with E-state index in [9.17, 15) is 10.2 Å². The summed E-state index contributed by atoms with van der Waals surface area (Å²) < 4.78 is 10.4. The van der Waals surface area contributed by atoms with Crippen molar-refractivity contribution in [1.29, 1.82) is 0 Å². The Morgan fingerprint density at radius 1 is 0.732 bits per heavy atom. The number of benzene rings is 4. The SMILES string of the molecule is [C-]#[N+]c1cc(C2CC2)c2ncc(CO)c(NCc3ccc(OC)c(Cl)c3)c2c1.[C-]#[N+]c1cc(N(C)C)c2ncc(CO)c(NCc3ccc(OC)c(Cl)c3)c2c1. The monoisotopic (exact) mass is 789 g/mol. The minimum absolute atomic E-state index is 0.129. The normalized spacial score (nSPS) is 12.0. The molecule has 0 radical (unpaired) electrons. The van der Waals surface area contributed by atoms with Gasteiger partial charge in [0.05, 0.1) is 67.3 Å². The molecule has 0 spiro atoms. The molecule has 56 heavy (non-hydrogen) atoms. The standard InChI is InChI=1S/C22H20ClN3O2.C21H21ClN4O2/c1-24-16-8-17(14-4-5-14)22-18(9-16)21(15(12-27)11-26-22)25-10-13-3-6-20(28-2)19(23)7-13;1-23-15-8-16-20(24-10-13-5-6-19(28-4)17(22)7-13)14(12-27)11-25-21(16)18(9-15)26(2)3/h3,6-9,11,14,27H,4-5,10,12H2,2H3,(H,25,26);5-9,11,27H,10,12H2,2-4H3,(H,24,25). The highest BCUT2D eigenvalue weighted by atomic mass is 35.5. The van der Waals surface area contributed by atoms with E-state index in [2.05, 4.69) is 30.3 Å². The van der Waals surface area contributed by atoms with Gasteiger partial charge in [-0.15, -0.1) is 0 Å². The molecular weight excluding hydrogens is 749 g/mol. The van der Waals surface area contributed by atoms with E-state index >= 15 is 0 Å². The van der Waals surface area contributed by atoms with Gasteiger partial charge in [0, 0.05) is 72.9 Å². The Labute approximate surface area is 336 Å². The lowest BCUT2D eigenvalue weighted by molar-refractivity contribution is 0.282. The number of hydrogen-bond donors (Lipinski definition) is 4. The number of nitrogens with one attached hydrogen (secondary N) is 2. The Hall–Kier alpha value is -5.82. The number of aliphatic hydroxyl groups is 2. The van der Waals surface area contributed by atoms with Crippen molar-refractivity contribution in [2.75, 3.05) is 43.8 Å². The van der Waals surface area contributed by atoms with Crippen LogP contribution in [0.3, 0.4) is 0 Å². The zero-order valence-corrected chi connectivity index (χ0v) is 33.0. The number of aliphatic hydroxyl groups excluding tert-OH is 2. The van der Waals surface area contributed by atoms with E-state index < -0.39 is 0 Å². The van der Waals surface area contributed by atoms with Gasteiger partial charge in [-0.3, -0.25) is 9.97 Å². The van der Waals surface area contributed by atoms with Gasteiger partial charge in [-0.1, -0.05) is 41.4 Å². The Kier molecular flexibility index (Phi) is 12.6. The van der Waals surface area contributed by atoms with E-state index in [1.807, 2.05) is 73.6 Å². The van der Waals surface area contributed by atoms with Crippen LogP contribution in [0.2, 0.25) is 10.0 Å². The first-order valence-electron chi connectivity index (χ1n) is 17.8. The molecule has 1 aliphatic rings. The van der Waals surface area contributed by atoms with Crippen LogP contribution in [0.4, 0.5) is 28.4 Å². The molecule has 0 unspecified atom stereocenters. The van der Waals surface area contributed by atoms with Gasteiger partial charge < -0.3 is 35.2 Å². The zero-order valence-electron chi connectivity index (χ0n) is 31.5. The molecule has 0 aliphatic heterocycles. The van der Waals surface area contributed by atoms with Crippen LogP contribution < -0.4 is 25.0 Å². The third-order valence-corrected chi connectivity index (χ3v) is 10.1. The average molecular weight is 791 g/mol. The average Bonchev–Trinajstić information content (AvgIpc) is 4.07. The quantitative estimate of drug-likeness (QED) is 0.0898. The largest absolute Gasteiger partial charge is 0.495 e. The number of halogens is 2. The third kappa shape index (κ3) is 8.68. The van der Waals surface area contributed by atoms with E-state index in [-0.39, 0.29) is 13.2 Å². The van der Waals surface area contributed by atoms with Crippen LogP contribution >= 0.6 is 23.2 Å². The Morgan fingerprint density at radius 3 is 1.64 bits per heavy atom. The summed E-state index contributed by atoms with van der Waals surface area (Å²) >= 11 is 12.4. The van der Waals surface area contributed by atoms with Gasteiger partial charge in [0.2, 0.25) is 0 Å². The van der Waals surface area contributed by atoms with Gasteiger partial charge in [0.15, 0.2) is 11.4 Å². The number of methoxy groups -OCH3 is 2. The number of fused-ring (bicyclic) bond motifs is 2. The van der Waals surface area contributed by atoms with Gasteiger partial charge in [-0.2, -0.15) is 0 Å². The van der Waals surface area contributed by atoms with Gasteiger partial charge in [0.1, 0.15) is 11.5 Å².